The molecule has 34 heavy (non-hydrogen) atoms. The van der Waals surface area contributed by atoms with E-state index in [-0.39, 0.29) is 0 Å². The van der Waals surface area contributed by atoms with Crippen LogP contribution in [0.3, 0.4) is 0 Å². The lowest BCUT2D eigenvalue weighted by Gasteiger charge is -2.40. The fourth-order valence-electron chi connectivity index (χ4n) is 7.08. The molecule has 0 spiro atoms. The van der Waals surface area contributed by atoms with Crippen molar-refractivity contribution < 1.29 is 8.83 Å². The molecule has 4 aromatic carbocycles. The molecule has 0 saturated carbocycles. The van der Waals surface area contributed by atoms with Crippen LogP contribution in [-0.4, -0.2) is 8.07 Å². The van der Waals surface area contributed by atoms with E-state index in [1.165, 1.54) is 48.5 Å². The van der Waals surface area contributed by atoms with Crippen LogP contribution < -0.4 is 5.38 Å². The quantitative estimate of drug-likeness (QED) is 0.192. The molecule has 0 atom stereocenters. The van der Waals surface area contributed by atoms with Crippen LogP contribution in [0.4, 0.5) is 0 Å². The van der Waals surface area contributed by atoms with E-state index in [2.05, 4.69) is 102 Å². The number of hydrogen-bond donors (Lipinski definition) is 0. The van der Waals surface area contributed by atoms with Crippen LogP contribution in [-0.2, 0) is 0 Å². The maximum absolute atomic E-state index is 6.70. The molecule has 0 bridgehead atoms. The summed E-state index contributed by atoms with van der Waals surface area (Å²) < 4.78 is 12.3. The summed E-state index contributed by atoms with van der Waals surface area (Å²) in [5.41, 5.74) is 3.80. The molecule has 0 aliphatic rings. The first-order valence-electron chi connectivity index (χ1n) is 12.5. The summed E-state index contributed by atoms with van der Waals surface area (Å²) in [5.74, 6) is 0. The number of hydrogen-bond acceptors (Lipinski definition) is 2. The van der Waals surface area contributed by atoms with Crippen LogP contribution in [0.2, 0.25) is 16.6 Å². The van der Waals surface area contributed by atoms with Crippen LogP contribution in [0.5, 0.6) is 0 Å². The third-order valence-electron chi connectivity index (χ3n) is 8.42. The van der Waals surface area contributed by atoms with Gasteiger partial charge in [-0.05, 0) is 73.2 Å². The van der Waals surface area contributed by atoms with Crippen molar-refractivity contribution >= 4 is 67.7 Å². The van der Waals surface area contributed by atoms with Crippen molar-refractivity contribution in [1.82, 2.24) is 0 Å². The van der Waals surface area contributed by atoms with E-state index in [1.54, 1.807) is 6.26 Å². The largest absolute Gasteiger partial charge is 0.466 e. The Morgan fingerprint density at radius 3 is 1.47 bits per heavy atom. The molecule has 0 saturated heterocycles. The van der Waals surface area contributed by atoms with E-state index in [1.807, 2.05) is 0 Å². The Morgan fingerprint density at radius 1 is 0.500 bits per heavy atom. The summed E-state index contributed by atoms with van der Waals surface area (Å²) in [4.78, 5) is 0. The van der Waals surface area contributed by atoms with Crippen LogP contribution in [0.1, 0.15) is 41.5 Å². The van der Waals surface area contributed by atoms with Crippen LogP contribution in [0.25, 0.3) is 54.3 Å². The molecule has 0 radical (unpaired) electrons. The maximum atomic E-state index is 6.70. The smallest absolute Gasteiger partial charge is 0.140 e. The second-order valence-corrected chi connectivity index (χ2v) is 16.6. The van der Waals surface area contributed by atoms with Gasteiger partial charge in [-0.15, -0.1) is 0 Å². The normalized spacial score (nSPS) is 13.2. The van der Waals surface area contributed by atoms with Crippen molar-refractivity contribution in [3.63, 3.8) is 0 Å². The van der Waals surface area contributed by atoms with Crippen molar-refractivity contribution in [3.8, 4) is 0 Å². The first kappa shape index (κ1) is 21.5. The minimum atomic E-state index is -1.86. The van der Waals surface area contributed by atoms with Gasteiger partial charge in [-0.1, -0.05) is 77.9 Å². The standard InChI is InChI=1S/C31H32O2Si/c1-18(2)34(19(3)4,20(5)6)31-17-28-26-10-8-21-22(24(26)12-14-30(28)33-31)7-9-25-23(21)11-13-29-27(25)15-16-32-29/h7-20H,1-6H3. The summed E-state index contributed by atoms with van der Waals surface area (Å²) in [6.07, 6.45) is 1.77. The van der Waals surface area contributed by atoms with Crippen LogP contribution >= 0.6 is 0 Å². The van der Waals surface area contributed by atoms with Gasteiger partial charge in [-0.3, -0.25) is 0 Å². The summed E-state index contributed by atoms with van der Waals surface area (Å²) >= 11 is 0. The molecule has 0 fully saturated rings. The van der Waals surface area contributed by atoms with Crippen molar-refractivity contribution in [1.29, 1.82) is 0 Å². The van der Waals surface area contributed by atoms with Crippen molar-refractivity contribution in [2.24, 2.45) is 0 Å². The Morgan fingerprint density at radius 2 is 0.941 bits per heavy atom. The molecular weight excluding hydrogens is 432 g/mol. The maximum Gasteiger partial charge on any atom is 0.140 e. The van der Waals surface area contributed by atoms with Crippen molar-refractivity contribution in [2.45, 2.75) is 58.2 Å². The molecular formula is C31H32O2Si. The van der Waals surface area contributed by atoms with Gasteiger partial charge in [0.2, 0.25) is 0 Å². The molecule has 0 aliphatic carbocycles. The molecule has 2 nitrogen and oxygen atoms in total. The Bertz CT molecular complexity index is 1680. The van der Waals surface area contributed by atoms with E-state index >= 15 is 0 Å². The van der Waals surface area contributed by atoms with E-state index in [4.69, 9.17) is 8.83 Å². The summed E-state index contributed by atoms with van der Waals surface area (Å²) in [5, 5.41) is 11.3. The third-order valence-corrected chi connectivity index (χ3v) is 15.2. The number of benzene rings is 4. The molecule has 2 aromatic heterocycles. The minimum absolute atomic E-state index is 0.617. The lowest BCUT2D eigenvalue weighted by atomic mass is 9.95. The van der Waals surface area contributed by atoms with E-state index < -0.39 is 8.07 Å². The SMILES string of the molecule is CC(C)[Si](c1cc2c(ccc3c2ccc2c4ccc5occc5c4ccc32)o1)(C(C)C)C(C)C. The fraction of sp³-hybridized carbons (Fsp3) is 0.290. The van der Waals surface area contributed by atoms with Crippen LogP contribution in [0, 0.1) is 0 Å². The van der Waals surface area contributed by atoms with Gasteiger partial charge >= 0.3 is 0 Å². The molecule has 3 heteroatoms. The predicted octanol–water partition coefficient (Wildman–Crippen LogP) is 9.52. The molecule has 6 aromatic rings. The lowest BCUT2D eigenvalue weighted by Crippen LogP contribution is -2.55. The highest BCUT2D eigenvalue weighted by Crippen LogP contribution is 2.43. The first-order chi connectivity index (χ1) is 16.3. The Kier molecular flexibility index (Phi) is 4.73. The molecule has 0 aliphatic heterocycles. The Labute approximate surface area is 201 Å². The zero-order valence-corrected chi connectivity index (χ0v) is 21.9. The van der Waals surface area contributed by atoms with Gasteiger partial charge in [0.1, 0.15) is 19.2 Å². The van der Waals surface area contributed by atoms with Crippen molar-refractivity contribution in [3.05, 3.63) is 66.9 Å². The van der Waals surface area contributed by atoms with E-state index in [0.29, 0.717) is 16.6 Å². The van der Waals surface area contributed by atoms with Crippen molar-refractivity contribution in [2.75, 3.05) is 0 Å². The van der Waals surface area contributed by atoms with Gasteiger partial charge in [-0.2, -0.15) is 0 Å². The topological polar surface area (TPSA) is 26.3 Å². The second kappa shape index (κ2) is 7.48. The van der Waals surface area contributed by atoms with Gasteiger partial charge in [0.25, 0.3) is 0 Å². The zero-order chi connectivity index (χ0) is 23.8. The summed E-state index contributed by atoms with van der Waals surface area (Å²) in [7, 11) is -1.86. The molecule has 0 amide bonds. The molecule has 6 rings (SSSR count). The van der Waals surface area contributed by atoms with E-state index in [9.17, 15) is 0 Å². The average Bonchev–Trinajstić information content (AvgIpc) is 3.45. The first-order valence-corrected chi connectivity index (χ1v) is 14.8. The lowest BCUT2D eigenvalue weighted by molar-refractivity contribution is 0.616. The highest BCUT2D eigenvalue weighted by Gasteiger charge is 2.47. The van der Waals surface area contributed by atoms with Gasteiger partial charge < -0.3 is 8.83 Å². The molecule has 2 heterocycles. The summed E-state index contributed by atoms with van der Waals surface area (Å²) in [6, 6.07) is 22.3. The number of fused-ring (bicyclic) bond motifs is 9. The molecule has 0 N–H and O–H groups in total. The highest BCUT2D eigenvalue weighted by molar-refractivity contribution is 6.94. The predicted molar refractivity (Wildman–Crippen MR) is 149 cm³/mol. The number of rotatable bonds is 4. The second-order valence-electron chi connectivity index (χ2n) is 10.8. The Balaban J connectivity index is 1.64. The minimum Gasteiger partial charge on any atom is -0.466 e. The van der Waals surface area contributed by atoms with Gasteiger partial charge in [0.05, 0.1) is 11.6 Å². The highest BCUT2D eigenvalue weighted by atomic mass is 28.3. The summed E-state index contributed by atoms with van der Waals surface area (Å²) in [6.45, 7) is 14.4. The zero-order valence-electron chi connectivity index (χ0n) is 20.9. The molecule has 0 unspecified atom stereocenters. The van der Waals surface area contributed by atoms with Gasteiger partial charge in [0, 0.05) is 10.8 Å². The van der Waals surface area contributed by atoms with E-state index in [0.717, 1.165) is 11.2 Å². The monoisotopic (exact) mass is 464 g/mol. The third kappa shape index (κ3) is 2.74. The average molecular weight is 465 g/mol. The van der Waals surface area contributed by atoms with Gasteiger partial charge in [0.15, 0.2) is 0 Å². The van der Waals surface area contributed by atoms with Crippen LogP contribution in [0.15, 0.2) is 75.8 Å². The fourth-order valence-corrected chi connectivity index (χ4v) is 13.5. The number of furan rings is 2. The molecule has 172 valence electrons. The Hall–Kier alpha value is -3.04. The van der Waals surface area contributed by atoms with Gasteiger partial charge in [-0.25, -0.2) is 0 Å².